The fraction of sp³-hybridized carbons (Fsp3) is 0.235. The van der Waals surface area contributed by atoms with Gasteiger partial charge in [-0.05, 0) is 36.1 Å². The third-order valence-corrected chi connectivity index (χ3v) is 6.56. The van der Waals surface area contributed by atoms with E-state index >= 15 is 0 Å². The largest absolute Gasteiger partial charge is 0.465 e. The van der Waals surface area contributed by atoms with E-state index < -0.39 is 16.0 Å². The maximum Gasteiger partial charge on any atom is 0.338 e. The molecule has 1 aromatic carbocycles. The van der Waals surface area contributed by atoms with Gasteiger partial charge in [-0.1, -0.05) is 17.3 Å². The number of thiophene rings is 1. The zero-order valence-corrected chi connectivity index (χ0v) is 16.5. The van der Waals surface area contributed by atoms with E-state index in [0.29, 0.717) is 11.4 Å². The van der Waals surface area contributed by atoms with Crippen LogP contribution in [-0.2, 0) is 21.3 Å². The number of carbonyl (C=O) groups is 1. The number of methoxy groups -OCH3 is 1. The molecule has 0 bridgehead atoms. The minimum Gasteiger partial charge on any atom is -0.465 e. The van der Waals surface area contributed by atoms with Gasteiger partial charge in [-0.25, -0.2) is 13.2 Å². The summed E-state index contributed by atoms with van der Waals surface area (Å²) in [5.74, 6) is -0.0106. The lowest BCUT2D eigenvalue weighted by Gasteiger charge is -2.16. The smallest absolute Gasteiger partial charge is 0.338 e. The van der Waals surface area contributed by atoms with Crippen LogP contribution in [0.5, 0.6) is 0 Å². The van der Waals surface area contributed by atoms with Gasteiger partial charge in [0.25, 0.3) is 0 Å². The summed E-state index contributed by atoms with van der Waals surface area (Å²) in [6.07, 6.45) is 0. The third-order valence-electron chi connectivity index (χ3n) is 3.89. The molecule has 0 spiro atoms. The van der Waals surface area contributed by atoms with Crippen LogP contribution in [0.2, 0.25) is 0 Å². The van der Waals surface area contributed by atoms with Gasteiger partial charge in [0.15, 0.2) is 0 Å². The molecule has 0 unspecified atom stereocenters. The average Bonchev–Trinajstić information content (AvgIpc) is 3.32. The lowest BCUT2D eigenvalue weighted by atomic mass is 10.1. The van der Waals surface area contributed by atoms with Crippen LogP contribution in [0.1, 0.15) is 21.8 Å². The molecule has 3 rings (SSSR count). The van der Waals surface area contributed by atoms with Crippen molar-refractivity contribution in [3.05, 3.63) is 52.7 Å². The van der Waals surface area contributed by atoms with Gasteiger partial charge in [0.05, 0.1) is 29.0 Å². The summed E-state index contributed by atoms with van der Waals surface area (Å²) in [5, 5.41) is 5.76. The Labute approximate surface area is 160 Å². The number of esters is 1. The highest BCUT2D eigenvalue weighted by molar-refractivity contribution is 7.89. The van der Waals surface area contributed by atoms with Crippen molar-refractivity contribution in [1.82, 2.24) is 14.4 Å². The van der Waals surface area contributed by atoms with Crippen molar-refractivity contribution >= 4 is 27.3 Å². The van der Waals surface area contributed by atoms with Crippen molar-refractivity contribution in [2.75, 3.05) is 14.2 Å². The molecule has 0 aliphatic rings. The summed E-state index contributed by atoms with van der Waals surface area (Å²) >= 11 is 1.46. The van der Waals surface area contributed by atoms with E-state index in [1.165, 1.54) is 37.6 Å². The van der Waals surface area contributed by atoms with Crippen molar-refractivity contribution < 1.29 is 22.5 Å². The van der Waals surface area contributed by atoms with Gasteiger partial charge >= 0.3 is 5.97 Å². The van der Waals surface area contributed by atoms with Crippen LogP contribution >= 0.6 is 11.3 Å². The highest BCUT2D eigenvalue weighted by Crippen LogP contribution is 2.23. The van der Waals surface area contributed by atoms with E-state index in [1.807, 2.05) is 17.5 Å². The molecule has 2 heterocycles. The van der Waals surface area contributed by atoms with Gasteiger partial charge in [0.1, 0.15) is 0 Å². The Balaban J connectivity index is 1.84. The molecule has 10 heteroatoms. The molecule has 3 aromatic rings. The molecular weight excluding hydrogens is 390 g/mol. The molecule has 0 amide bonds. The number of aromatic nitrogens is 2. The van der Waals surface area contributed by atoms with E-state index in [0.717, 1.165) is 9.18 Å². The molecule has 0 radical (unpaired) electrons. The Morgan fingerprint density at radius 1 is 1.33 bits per heavy atom. The van der Waals surface area contributed by atoms with Gasteiger partial charge in [-0.2, -0.15) is 9.29 Å². The Kier molecular flexibility index (Phi) is 5.40. The van der Waals surface area contributed by atoms with E-state index in [9.17, 15) is 13.2 Å². The predicted octanol–water partition coefficient (Wildman–Crippen LogP) is 2.71. The summed E-state index contributed by atoms with van der Waals surface area (Å²) in [6.45, 7) is 1.61. The van der Waals surface area contributed by atoms with Crippen molar-refractivity contribution in [2.24, 2.45) is 0 Å². The number of sulfonamides is 1. The zero-order valence-electron chi connectivity index (χ0n) is 14.9. The van der Waals surface area contributed by atoms with Crippen molar-refractivity contribution in [3.63, 3.8) is 0 Å². The number of nitrogens with zero attached hydrogens (tertiary/aromatic N) is 3. The quantitative estimate of drug-likeness (QED) is 0.579. The molecule has 0 aliphatic heterocycles. The van der Waals surface area contributed by atoms with Crippen molar-refractivity contribution in [3.8, 4) is 10.7 Å². The molecule has 2 aromatic heterocycles. The Morgan fingerprint density at radius 3 is 2.78 bits per heavy atom. The molecule has 27 heavy (non-hydrogen) atoms. The highest BCUT2D eigenvalue weighted by atomic mass is 32.2. The summed E-state index contributed by atoms with van der Waals surface area (Å²) in [6, 6.07) is 8.02. The number of ether oxygens (including phenoxy) is 1. The Hall–Kier alpha value is -2.56. The second-order valence-electron chi connectivity index (χ2n) is 5.72. The normalized spacial score (nSPS) is 11.7. The Bertz CT molecular complexity index is 1060. The van der Waals surface area contributed by atoms with E-state index in [2.05, 4.69) is 10.1 Å². The van der Waals surface area contributed by atoms with Gasteiger partial charge in [0, 0.05) is 7.05 Å². The number of rotatable bonds is 6. The van der Waals surface area contributed by atoms with Gasteiger partial charge in [-0.15, -0.1) is 11.3 Å². The monoisotopic (exact) mass is 407 g/mol. The topological polar surface area (TPSA) is 103 Å². The Morgan fingerprint density at radius 2 is 2.11 bits per heavy atom. The molecule has 0 aliphatic carbocycles. The SMILES string of the molecule is COC(=O)c1cc(S(=O)(=O)N(C)Cc2nc(-c3cccs3)no2)ccc1C. The minimum absolute atomic E-state index is 0.0194. The van der Waals surface area contributed by atoms with Crippen LogP contribution in [0.15, 0.2) is 45.1 Å². The summed E-state index contributed by atoms with van der Waals surface area (Å²) in [4.78, 5) is 16.9. The first-order valence-corrected chi connectivity index (χ1v) is 10.2. The van der Waals surface area contributed by atoms with Crippen molar-refractivity contribution in [2.45, 2.75) is 18.4 Å². The average molecular weight is 407 g/mol. The number of carbonyl (C=O) groups excluding carboxylic acids is 1. The summed E-state index contributed by atoms with van der Waals surface area (Å²) < 4.78 is 36.6. The molecular formula is C17H17N3O5S2. The lowest BCUT2D eigenvalue weighted by molar-refractivity contribution is 0.0599. The molecule has 0 N–H and O–H groups in total. The molecule has 0 fully saturated rings. The van der Waals surface area contributed by atoms with E-state index in [-0.39, 0.29) is 22.9 Å². The zero-order chi connectivity index (χ0) is 19.6. The first-order chi connectivity index (χ1) is 12.8. The van der Waals surface area contributed by atoms with Crippen LogP contribution in [-0.4, -0.2) is 43.0 Å². The highest BCUT2D eigenvalue weighted by Gasteiger charge is 2.25. The second-order valence-corrected chi connectivity index (χ2v) is 8.71. The van der Waals surface area contributed by atoms with E-state index in [4.69, 9.17) is 9.26 Å². The van der Waals surface area contributed by atoms with Gasteiger partial charge in [0.2, 0.25) is 21.7 Å². The number of aryl methyl sites for hydroxylation is 1. The molecule has 0 atom stereocenters. The predicted molar refractivity (Wildman–Crippen MR) is 98.8 cm³/mol. The van der Waals surface area contributed by atoms with Crippen LogP contribution in [0.4, 0.5) is 0 Å². The van der Waals surface area contributed by atoms with Crippen LogP contribution in [0.25, 0.3) is 10.7 Å². The molecule has 142 valence electrons. The maximum absolute atomic E-state index is 12.8. The van der Waals surface area contributed by atoms with Crippen LogP contribution in [0, 0.1) is 6.92 Å². The molecule has 0 saturated carbocycles. The van der Waals surface area contributed by atoms with Gasteiger partial charge in [-0.3, -0.25) is 0 Å². The summed E-state index contributed by atoms with van der Waals surface area (Å²) in [5.41, 5.74) is 0.825. The maximum atomic E-state index is 12.8. The van der Waals surface area contributed by atoms with Crippen molar-refractivity contribution in [1.29, 1.82) is 0 Å². The summed E-state index contributed by atoms with van der Waals surface area (Å²) in [7, 11) is -1.21. The first-order valence-electron chi connectivity index (χ1n) is 7.84. The standard InChI is InChI=1S/C17H17N3O5S2/c1-11-6-7-12(9-13(11)17(21)24-3)27(22,23)20(2)10-15-18-16(19-25-15)14-5-4-8-26-14/h4-9H,10H2,1-3H3. The second kappa shape index (κ2) is 7.59. The van der Waals surface area contributed by atoms with Gasteiger partial charge < -0.3 is 9.26 Å². The van der Waals surface area contributed by atoms with Crippen LogP contribution in [0.3, 0.4) is 0 Å². The number of hydrogen-bond acceptors (Lipinski definition) is 8. The fourth-order valence-electron chi connectivity index (χ4n) is 2.37. The third kappa shape index (κ3) is 3.92. The molecule has 8 nitrogen and oxygen atoms in total. The molecule has 0 saturated heterocycles. The van der Waals surface area contributed by atoms with Crippen LogP contribution < -0.4 is 0 Å². The number of hydrogen-bond donors (Lipinski definition) is 0. The lowest BCUT2D eigenvalue weighted by Crippen LogP contribution is -2.27. The first kappa shape index (κ1) is 19.2. The van der Waals surface area contributed by atoms with E-state index in [1.54, 1.807) is 13.0 Å². The minimum atomic E-state index is -3.86. The fourth-order valence-corrected chi connectivity index (χ4v) is 4.17. The number of benzene rings is 1.